The molecule has 17 heavy (non-hydrogen) atoms. The number of benzene rings is 1. The molecule has 0 bridgehead atoms. The van der Waals surface area contributed by atoms with Crippen molar-refractivity contribution in [3.8, 4) is 0 Å². The average molecular weight is 235 g/mol. The summed E-state index contributed by atoms with van der Waals surface area (Å²) < 4.78 is 0. The maximum atomic E-state index is 11.5. The molecule has 2 N–H and O–H groups in total. The van der Waals surface area contributed by atoms with Crippen LogP contribution in [0.25, 0.3) is 0 Å². The van der Waals surface area contributed by atoms with Crippen molar-refractivity contribution < 1.29 is 4.79 Å². The minimum absolute atomic E-state index is 0.00569. The van der Waals surface area contributed by atoms with Crippen LogP contribution in [0.4, 0.5) is 5.69 Å². The minimum atomic E-state index is -0.00569. The Kier molecular flexibility index (Phi) is 5.66. The molecule has 0 aliphatic rings. The fourth-order valence-corrected chi connectivity index (χ4v) is 1.56. The van der Waals surface area contributed by atoms with Crippen LogP contribution < -0.4 is 10.6 Å². The second-order valence-corrected chi connectivity index (χ2v) is 4.27. The largest absolute Gasteiger partial charge is 0.325 e. The van der Waals surface area contributed by atoms with Gasteiger partial charge in [0.25, 0.3) is 0 Å². The average Bonchev–Trinajstić information content (AvgIpc) is 2.26. The van der Waals surface area contributed by atoms with Crippen molar-refractivity contribution in [1.29, 1.82) is 0 Å². The summed E-state index contributed by atoms with van der Waals surface area (Å²) in [5.41, 5.74) is 2.04. The van der Waals surface area contributed by atoms with E-state index in [1.54, 1.807) is 0 Å². The number of carbonyl (C=O) groups excluding carboxylic acids is 1. The van der Waals surface area contributed by atoms with Gasteiger partial charge in [0.15, 0.2) is 0 Å². The van der Waals surface area contributed by atoms with Crippen LogP contribution in [0.1, 0.15) is 12.5 Å². The molecule has 0 spiro atoms. The van der Waals surface area contributed by atoms with Crippen molar-refractivity contribution in [3.63, 3.8) is 0 Å². The van der Waals surface area contributed by atoms with Gasteiger partial charge in [-0.1, -0.05) is 19.1 Å². The molecule has 0 saturated heterocycles. The molecule has 0 aliphatic carbocycles. The lowest BCUT2D eigenvalue weighted by Gasteiger charge is -2.11. The maximum Gasteiger partial charge on any atom is 0.238 e. The molecule has 4 nitrogen and oxygen atoms in total. The van der Waals surface area contributed by atoms with Crippen LogP contribution >= 0.6 is 0 Å². The van der Waals surface area contributed by atoms with Gasteiger partial charge in [0, 0.05) is 12.2 Å². The lowest BCUT2D eigenvalue weighted by molar-refractivity contribution is -0.115. The third-order valence-corrected chi connectivity index (χ3v) is 2.25. The number of nitrogens with zero attached hydrogens (tertiary/aromatic N) is 1. The van der Waals surface area contributed by atoms with Crippen molar-refractivity contribution in [3.05, 3.63) is 29.8 Å². The molecule has 0 radical (unpaired) electrons. The van der Waals surface area contributed by atoms with E-state index in [0.717, 1.165) is 18.8 Å². The molecule has 1 aromatic carbocycles. The Morgan fingerprint density at radius 3 is 2.76 bits per heavy atom. The zero-order valence-electron chi connectivity index (χ0n) is 10.8. The van der Waals surface area contributed by atoms with E-state index in [2.05, 4.69) is 21.6 Å². The summed E-state index contributed by atoms with van der Waals surface area (Å²) in [5, 5.41) is 5.87. The Balaban J connectivity index is 2.56. The van der Waals surface area contributed by atoms with Crippen LogP contribution in [0.2, 0.25) is 0 Å². The van der Waals surface area contributed by atoms with E-state index < -0.39 is 0 Å². The van der Waals surface area contributed by atoms with Gasteiger partial charge in [0.2, 0.25) is 5.91 Å². The van der Waals surface area contributed by atoms with Crippen molar-refractivity contribution in [2.45, 2.75) is 13.5 Å². The Morgan fingerprint density at radius 2 is 2.12 bits per heavy atom. The predicted octanol–water partition coefficient (Wildman–Crippen LogP) is 1.30. The third-order valence-electron chi connectivity index (χ3n) is 2.25. The molecule has 0 fully saturated rings. The first kappa shape index (κ1) is 13.7. The number of hydrogen-bond donors (Lipinski definition) is 2. The molecule has 1 rings (SSSR count). The first-order valence-corrected chi connectivity index (χ1v) is 5.86. The standard InChI is InChI=1S/C13H21N3O/c1-4-14-9-13(17)15-12-7-5-6-11(8-12)10-16(2)3/h5-8,14H,4,9-10H2,1-3H3,(H,15,17). The summed E-state index contributed by atoms with van der Waals surface area (Å²) in [5.74, 6) is -0.00569. The van der Waals surface area contributed by atoms with Crippen LogP contribution in [-0.2, 0) is 11.3 Å². The van der Waals surface area contributed by atoms with Gasteiger partial charge in [-0.2, -0.15) is 0 Å². The van der Waals surface area contributed by atoms with Gasteiger partial charge in [-0.15, -0.1) is 0 Å². The molecule has 4 heteroatoms. The van der Waals surface area contributed by atoms with Gasteiger partial charge in [0.05, 0.1) is 6.54 Å². The van der Waals surface area contributed by atoms with Crippen LogP contribution in [-0.4, -0.2) is 38.0 Å². The molecule has 1 aromatic rings. The van der Waals surface area contributed by atoms with E-state index in [-0.39, 0.29) is 5.91 Å². The van der Waals surface area contributed by atoms with Gasteiger partial charge >= 0.3 is 0 Å². The summed E-state index contributed by atoms with van der Waals surface area (Å²) >= 11 is 0. The van der Waals surface area contributed by atoms with Crippen LogP contribution in [0.3, 0.4) is 0 Å². The molecule has 0 unspecified atom stereocenters. The summed E-state index contributed by atoms with van der Waals surface area (Å²) in [7, 11) is 4.05. The second-order valence-electron chi connectivity index (χ2n) is 4.27. The summed E-state index contributed by atoms with van der Waals surface area (Å²) in [4.78, 5) is 13.6. The number of likely N-dealkylation sites (N-methyl/N-ethyl adjacent to an activating group) is 1. The van der Waals surface area contributed by atoms with Gasteiger partial charge < -0.3 is 15.5 Å². The molecule has 0 aliphatic heterocycles. The predicted molar refractivity (Wildman–Crippen MR) is 71.0 cm³/mol. The lowest BCUT2D eigenvalue weighted by atomic mass is 10.2. The van der Waals surface area contributed by atoms with E-state index >= 15 is 0 Å². The Hall–Kier alpha value is -1.39. The highest BCUT2D eigenvalue weighted by molar-refractivity contribution is 5.92. The normalized spacial score (nSPS) is 10.6. The number of nitrogens with one attached hydrogen (secondary N) is 2. The smallest absolute Gasteiger partial charge is 0.238 e. The van der Waals surface area contributed by atoms with E-state index in [1.807, 2.05) is 39.2 Å². The van der Waals surface area contributed by atoms with Gasteiger partial charge in [-0.3, -0.25) is 4.79 Å². The number of hydrogen-bond acceptors (Lipinski definition) is 3. The Morgan fingerprint density at radius 1 is 1.35 bits per heavy atom. The minimum Gasteiger partial charge on any atom is -0.325 e. The van der Waals surface area contributed by atoms with Crippen molar-refractivity contribution in [2.75, 3.05) is 32.5 Å². The molecule has 0 aromatic heterocycles. The molecule has 0 heterocycles. The first-order valence-electron chi connectivity index (χ1n) is 5.86. The van der Waals surface area contributed by atoms with Gasteiger partial charge in [-0.05, 0) is 38.3 Å². The molecule has 94 valence electrons. The lowest BCUT2D eigenvalue weighted by Crippen LogP contribution is -2.27. The van der Waals surface area contributed by atoms with Gasteiger partial charge in [0.1, 0.15) is 0 Å². The summed E-state index contributed by atoms with van der Waals surface area (Å²) in [6.45, 7) is 4.00. The van der Waals surface area contributed by atoms with Crippen LogP contribution in [0, 0.1) is 0 Å². The number of carbonyl (C=O) groups is 1. The highest BCUT2D eigenvalue weighted by Gasteiger charge is 2.02. The second kappa shape index (κ2) is 7.04. The summed E-state index contributed by atoms with van der Waals surface area (Å²) in [6.07, 6.45) is 0. The van der Waals surface area contributed by atoms with Crippen LogP contribution in [0.15, 0.2) is 24.3 Å². The number of amides is 1. The highest BCUT2D eigenvalue weighted by Crippen LogP contribution is 2.11. The third kappa shape index (κ3) is 5.47. The molecule has 0 atom stereocenters. The van der Waals surface area contributed by atoms with Crippen molar-refractivity contribution in [1.82, 2.24) is 10.2 Å². The fraction of sp³-hybridized carbons (Fsp3) is 0.462. The molecular weight excluding hydrogens is 214 g/mol. The quantitative estimate of drug-likeness (QED) is 0.781. The summed E-state index contributed by atoms with van der Waals surface area (Å²) in [6, 6.07) is 7.93. The monoisotopic (exact) mass is 235 g/mol. The number of anilines is 1. The zero-order valence-corrected chi connectivity index (χ0v) is 10.8. The van der Waals surface area contributed by atoms with E-state index in [4.69, 9.17) is 0 Å². The maximum absolute atomic E-state index is 11.5. The fourth-order valence-electron chi connectivity index (χ4n) is 1.56. The molecule has 0 saturated carbocycles. The highest BCUT2D eigenvalue weighted by atomic mass is 16.1. The molecular formula is C13H21N3O. The van der Waals surface area contributed by atoms with Crippen LogP contribution in [0.5, 0.6) is 0 Å². The Labute approximate surface area is 103 Å². The SMILES string of the molecule is CCNCC(=O)Nc1cccc(CN(C)C)c1. The van der Waals surface area contributed by atoms with Crippen molar-refractivity contribution in [2.24, 2.45) is 0 Å². The van der Waals surface area contributed by atoms with E-state index in [0.29, 0.717) is 6.54 Å². The zero-order chi connectivity index (χ0) is 12.7. The first-order chi connectivity index (χ1) is 8.11. The van der Waals surface area contributed by atoms with Gasteiger partial charge in [-0.25, -0.2) is 0 Å². The van der Waals surface area contributed by atoms with E-state index in [9.17, 15) is 4.79 Å². The number of rotatable bonds is 6. The topological polar surface area (TPSA) is 44.4 Å². The Bertz CT molecular complexity index is 363. The van der Waals surface area contributed by atoms with Crippen molar-refractivity contribution >= 4 is 11.6 Å². The molecule has 1 amide bonds. The van der Waals surface area contributed by atoms with E-state index in [1.165, 1.54) is 5.56 Å².